The number of rotatable bonds is 5. The number of nitrogens with zero attached hydrogens (tertiary/aromatic N) is 2. The first kappa shape index (κ1) is 11.9. The van der Waals surface area contributed by atoms with Crippen molar-refractivity contribution in [2.45, 2.75) is 19.9 Å². The van der Waals surface area contributed by atoms with E-state index in [2.05, 4.69) is 46.8 Å². The van der Waals surface area contributed by atoms with Crippen LogP contribution in [0.3, 0.4) is 0 Å². The quantitative estimate of drug-likeness (QED) is 0.795. The second-order valence-corrected chi connectivity index (χ2v) is 4.31. The first-order valence-corrected chi connectivity index (χ1v) is 6.00. The molecule has 0 saturated heterocycles. The molecule has 3 nitrogen and oxygen atoms in total. The molecule has 90 valence electrons. The number of aromatic nitrogens is 2. The Hall–Kier alpha value is -1.61. The first-order valence-electron chi connectivity index (χ1n) is 6.00. The summed E-state index contributed by atoms with van der Waals surface area (Å²) in [4.78, 5) is 0. The molecular weight excluding hydrogens is 210 g/mol. The smallest absolute Gasteiger partial charge is 0.0597 e. The highest BCUT2D eigenvalue weighted by Crippen LogP contribution is 2.02. The molecule has 0 unspecified atom stereocenters. The third-order valence-electron chi connectivity index (χ3n) is 2.84. The molecule has 1 N–H and O–H groups in total. The molecule has 1 heterocycles. The van der Waals surface area contributed by atoms with Crippen molar-refractivity contribution in [1.29, 1.82) is 0 Å². The Labute approximate surface area is 102 Å². The maximum Gasteiger partial charge on any atom is 0.0597 e. The molecular formula is C14H19N3. The minimum Gasteiger partial charge on any atom is -0.311 e. The van der Waals surface area contributed by atoms with Crippen molar-refractivity contribution in [1.82, 2.24) is 15.1 Å². The molecule has 1 aromatic carbocycles. The van der Waals surface area contributed by atoms with E-state index in [0.29, 0.717) is 0 Å². The fourth-order valence-electron chi connectivity index (χ4n) is 1.92. The molecule has 2 aromatic rings. The lowest BCUT2D eigenvalue weighted by atomic mass is 10.1. The fraction of sp³-hybridized carbons (Fsp3) is 0.357. The SMILES string of the molecule is Cc1cc(CNCCc2ccccc2)n(C)n1. The van der Waals surface area contributed by atoms with E-state index in [1.165, 1.54) is 11.3 Å². The molecule has 2 rings (SSSR count). The summed E-state index contributed by atoms with van der Waals surface area (Å²) in [5, 5.41) is 7.77. The Morgan fingerprint density at radius 1 is 1.24 bits per heavy atom. The lowest BCUT2D eigenvalue weighted by molar-refractivity contribution is 0.624. The maximum atomic E-state index is 4.32. The Morgan fingerprint density at radius 3 is 2.65 bits per heavy atom. The Bertz CT molecular complexity index is 460. The third kappa shape index (κ3) is 3.43. The molecule has 0 aliphatic carbocycles. The van der Waals surface area contributed by atoms with Gasteiger partial charge in [0.15, 0.2) is 0 Å². The van der Waals surface area contributed by atoms with Crippen LogP contribution in [-0.2, 0) is 20.0 Å². The van der Waals surface area contributed by atoms with Gasteiger partial charge in [-0.2, -0.15) is 5.10 Å². The predicted octanol–water partition coefficient (Wildman–Crippen LogP) is 2.06. The summed E-state index contributed by atoms with van der Waals surface area (Å²) in [7, 11) is 1.99. The minimum atomic E-state index is 0.879. The molecule has 3 heteroatoms. The van der Waals surface area contributed by atoms with Gasteiger partial charge in [0.1, 0.15) is 0 Å². The maximum absolute atomic E-state index is 4.32. The van der Waals surface area contributed by atoms with Crippen molar-refractivity contribution < 1.29 is 0 Å². The summed E-state index contributed by atoms with van der Waals surface area (Å²) in [5.74, 6) is 0. The molecule has 0 amide bonds. The summed E-state index contributed by atoms with van der Waals surface area (Å²) >= 11 is 0. The average molecular weight is 229 g/mol. The molecule has 0 aliphatic rings. The van der Waals surface area contributed by atoms with Crippen LogP contribution in [0.5, 0.6) is 0 Å². The number of benzene rings is 1. The van der Waals surface area contributed by atoms with E-state index in [1.807, 2.05) is 18.7 Å². The van der Waals surface area contributed by atoms with E-state index in [9.17, 15) is 0 Å². The zero-order valence-corrected chi connectivity index (χ0v) is 10.5. The van der Waals surface area contributed by atoms with Gasteiger partial charge in [0.2, 0.25) is 0 Å². The minimum absolute atomic E-state index is 0.879. The zero-order chi connectivity index (χ0) is 12.1. The normalized spacial score (nSPS) is 10.7. The largest absolute Gasteiger partial charge is 0.311 e. The highest BCUT2D eigenvalue weighted by molar-refractivity contribution is 5.15. The number of aryl methyl sites for hydroxylation is 2. The van der Waals surface area contributed by atoms with Crippen LogP contribution in [0.4, 0.5) is 0 Å². The summed E-state index contributed by atoms with van der Waals surface area (Å²) < 4.78 is 1.94. The summed E-state index contributed by atoms with van der Waals surface area (Å²) in [6.45, 7) is 3.89. The monoisotopic (exact) mass is 229 g/mol. The van der Waals surface area contributed by atoms with Gasteiger partial charge in [0.05, 0.1) is 11.4 Å². The molecule has 0 aliphatic heterocycles. The molecule has 1 aromatic heterocycles. The van der Waals surface area contributed by atoms with Crippen LogP contribution in [0.25, 0.3) is 0 Å². The standard InChI is InChI=1S/C14H19N3/c1-12-10-14(17(2)16-12)11-15-9-8-13-6-4-3-5-7-13/h3-7,10,15H,8-9,11H2,1-2H3. The Morgan fingerprint density at radius 2 is 2.00 bits per heavy atom. The molecule has 17 heavy (non-hydrogen) atoms. The van der Waals surface area contributed by atoms with Gasteiger partial charge in [-0.05, 0) is 31.5 Å². The van der Waals surface area contributed by atoms with Gasteiger partial charge in [0.25, 0.3) is 0 Å². The second kappa shape index (κ2) is 5.64. The van der Waals surface area contributed by atoms with Crippen molar-refractivity contribution in [2.24, 2.45) is 7.05 Å². The summed E-state index contributed by atoms with van der Waals surface area (Å²) in [6.07, 6.45) is 1.07. The van der Waals surface area contributed by atoms with Gasteiger partial charge in [-0.1, -0.05) is 30.3 Å². The second-order valence-electron chi connectivity index (χ2n) is 4.31. The topological polar surface area (TPSA) is 29.9 Å². The summed E-state index contributed by atoms with van der Waals surface area (Å²) in [5.41, 5.74) is 3.68. The van der Waals surface area contributed by atoms with Crippen LogP contribution in [0.2, 0.25) is 0 Å². The first-order chi connectivity index (χ1) is 8.25. The van der Waals surface area contributed by atoms with Crippen LogP contribution in [0, 0.1) is 6.92 Å². The molecule has 0 radical (unpaired) electrons. The van der Waals surface area contributed by atoms with Gasteiger partial charge in [-0.25, -0.2) is 0 Å². The van der Waals surface area contributed by atoms with E-state index < -0.39 is 0 Å². The van der Waals surface area contributed by atoms with Gasteiger partial charge < -0.3 is 5.32 Å². The number of hydrogen-bond donors (Lipinski definition) is 1. The number of hydrogen-bond acceptors (Lipinski definition) is 2. The van der Waals surface area contributed by atoms with Gasteiger partial charge >= 0.3 is 0 Å². The van der Waals surface area contributed by atoms with Crippen LogP contribution in [0.15, 0.2) is 36.4 Å². The van der Waals surface area contributed by atoms with Crippen LogP contribution in [-0.4, -0.2) is 16.3 Å². The highest BCUT2D eigenvalue weighted by atomic mass is 15.3. The predicted molar refractivity (Wildman–Crippen MR) is 69.8 cm³/mol. The van der Waals surface area contributed by atoms with Crippen molar-refractivity contribution in [3.05, 3.63) is 53.3 Å². The Balaban J connectivity index is 1.75. The van der Waals surface area contributed by atoms with Crippen molar-refractivity contribution in [2.75, 3.05) is 6.54 Å². The van der Waals surface area contributed by atoms with Crippen LogP contribution >= 0.6 is 0 Å². The van der Waals surface area contributed by atoms with Crippen LogP contribution < -0.4 is 5.32 Å². The van der Waals surface area contributed by atoms with Crippen LogP contribution in [0.1, 0.15) is 17.0 Å². The third-order valence-corrected chi connectivity index (χ3v) is 2.84. The lowest BCUT2D eigenvalue weighted by Crippen LogP contribution is -2.18. The molecule has 0 atom stereocenters. The van der Waals surface area contributed by atoms with Crippen molar-refractivity contribution >= 4 is 0 Å². The number of nitrogens with one attached hydrogen (secondary N) is 1. The summed E-state index contributed by atoms with van der Waals surface area (Å²) in [6, 6.07) is 12.7. The van der Waals surface area contributed by atoms with E-state index in [0.717, 1.165) is 25.2 Å². The van der Waals surface area contributed by atoms with Gasteiger partial charge in [-0.3, -0.25) is 4.68 Å². The Kier molecular flexibility index (Phi) is 3.94. The van der Waals surface area contributed by atoms with E-state index in [1.54, 1.807) is 0 Å². The van der Waals surface area contributed by atoms with Crippen molar-refractivity contribution in [3.8, 4) is 0 Å². The van der Waals surface area contributed by atoms with Crippen molar-refractivity contribution in [3.63, 3.8) is 0 Å². The fourth-order valence-corrected chi connectivity index (χ4v) is 1.92. The average Bonchev–Trinajstić information content (AvgIpc) is 2.65. The highest BCUT2D eigenvalue weighted by Gasteiger charge is 2.00. The molecule has 0 bridgehead atoms. The van der Waals surface area contributed by atoms with E-state index >= 15 is 0 Å². The lowest BCUT2D eigenvalue weighted by Gasteiger charge is -2.05. The van der Waals surface area contributed by atoms with Gasteiger partial charge in [-0.15, -0.1) is 0 Å². The van der Waals surface area contributed by atoms with E-state index in [4.69, 9.17) is 0 Å². The molecule has 0 fully saturated rings. The molecule has 0 spiro atoms. The van der Waals surface area contributed by atoms with Gasteiger partial charge in [0, 0.05) is 13.6 Å². The van der Waals surface area contributed by atoms with E-state index in [-0.39, 0.29) is 0 Å². The molecule has 0 saturated carbocycles. The zero-order valence-electron chi connectivity index (χ0n) is 10.5.